The van der Waals surface area contributed by atoms with E-state index in [1.165, 1.54) is 11.8 Å². The Labute approximate surface area is 115 Å². The Morgan fingerprint density at radius 1 is 1.28 bits per heavy atom. The summed E-state index contributed by atoms with van der Waals surface area (Å²) in [5.74, 6) is 0.229. The molecule has 7 heteroatoms. The van der Waals surface area contributed by atoms with Gasteiger partial charge in [0.2, 0.25) is 5.95 Å². The molecule has 0 amide bonds. The van der Waals surface area contributed by atoms with E-state index in [1.807, 2.05) is 24.3 Å². The number of anilines is 1. The van der Waals surface area contributed by atoms with Crippen LogP contribution >= 0.6 is 27.7 Å². The molecule has 3 aromatic rings. The van der Waals surface area contributed by atoms with Crippen LogP contribution in [0.25, 0.3) is 11.2 Å². The van der Waals surface area contributed by atoms with Crippen molar-refractivity contribution in [1.29, 1.82) is 0 Å². The predicted molar refractivity (Wildman–Crippen MR) is 74.4 cm³/mol. The zero-order valence-corrected chi connectivity index (χ0v) is 11.5. The van der Waals surface area contributed by atoms with Crippen LogP contribution in [0.5, 0.6) is 0 Å². The van der Waals surface area contributed by atoms with Crippen molar-refractivity contribution in [3.63, 3.8) is 0 Å². The first-order valence-electron chi connectivity index (χ1n) is 5.12. The Morgan fingerprint density at radius 2 is 2.17 bits per heavy atom. The Bertz CT molecular complexity index is 711. The molecule has 2 heterocycles. The van der Waals surface area contributed by atoms with E-state index in [2.05, 4.69) is 35.9 Å². The highest BCUT2D eigenvalue weighted by molar-refractivity contribution is 9.10. The van der Waals surface area contributed by atoms with Crippen molar-refractivity contribution in [2.75, 3.05) is 5.73 Å². The number of nitrogen functional groups attached to an aromatic ring is 1. The van der Waals surface area contributed by atoms with Gasteiger partial charge in [-0.25, -0.2) is 9.97 Å². The number of imidazole rings is 1. The van der Waals surface area contributed by atoms with Crippen LogP contribution in [-0.4, -0.2) is 19.9 Å². The molecule has 0 unspecified atom stereocenters. The number of nitrogens with one attached hydrogen (secondary N) is 1. The summed E-state index contributed by atoms with van der Waals surface area (Å²) in [6.45, 7) is 0. The van der Waals surface area contributed by atoms with E-state index in [4.69, 9.17) is 5.73 Å². The van der Waals surface area contributed by atoms with Gasteiger partial charge in [0.15, 0.2) is 5.65 Å². The van der Waals surface area contributed by atoms with Crippen molar-refractivity contribution in [3.05, 3.63) is 35.1 Å². The molecule has 3 rings (SSSR count). The SMILES string of the molecule is Nc1nc(Sc2cccc(Br)c2)c2[nH]cnc2n1. The van der Waals surface area contributed by atoms with Crippen molar-refractivity contribution in [3.8, 4) is 0 Å². The number of aromatic nitrogens is 4. The second kappa shape index (κ2) is 4.58. The number of nitrogens with zero attached hydrogens (tertiary/aromatic N) is 3. The summed E-state index contributed by atoms with van der Waals surface area (Å²) in [4.78, 5) is 16.5. The summed E-state index contributed by atoms with van der Waals surface area (Å²) in [5.41, 5.74) is 7.05. The Balaban J connectivity index is 2.06. The van der Waals surface area contributed by atoms with Crippen molar-refractivity contribution < 1.29 is 0 Å². The first-order chi connectivity index (χ1) is 8.72. The fraction of sp³-hybridized carbons (Fsp3) is 0. The third-order valence-corrected chi connectivity index (χ3v) is 3.75. The van der Waals surface area contributed by atoms with Gasteiger partial charge in [-0.2, -0.15) is 4.98 Å². The fourth-order valence-corrected chi connectivity index (χ4v) is 3.04. The number of fused-ring (bicyclic) bond motifs is 1. The third kappa shape index (κ3) is 2.19. The molecular weight excluding hydrogens is 314 g/mol. The lowest BCUT2D eigenvalue weighted by molar-refractivity contribution is 1.10. The average molecular weight is 322 g/mol. The molecule has 18 heavy (non-hydrogen) atoms. The molecule has 1 aromatic carbocycles. The largest absolute Gasteiger partial charge is 0.368 e. The van der Waals surface area contributed by atoms with Crippen LogP contribution in [0.3, 0.4) is 0 Å². The molecule has 2 aromatic heterocycles. The van der Waals surface area contributed by atoms with Gasteiger partial charge in [0.1, 0.15) is 10.5 Å². The van der Waals surface area contributed by atoms with Crippen molar-refractivity contribution in [2.24, 2.45) is 0 Å². The van der Waals surface area contributed by atoms with E-state index in [1.54, 1.807) is 6.33 Å². The molecule has 0 radical (unpaired) electrons. The molecule has 3 N–H and O–H groups in total. The first-order valence-corrected chi connectivity index (χ1v) is 6.73. The molecule has 0 fully saturated rings. The Morgan fingerprint density at radius 3 is 3.00 bits per heavy atom. The van der Waals surface area contributed by atoms with Crippen LogP contribution in [0.2, 0.25) is 0 Å². The normalized spacial score (nSPS) is 10.9. The van der Waals surface area contributed by atoms with Crippen LogP contribution in [0.1, 0.15) is 0 Å². The van der Waals surface area contributed by atoms with Gasteiger partial charge in [0, 0.05) is 9.37 Å². The van der Waals surface area contributed by atoms with Crippen LogP contribution in [0.15, 0.2) is 45.0 Å². The minimum Gasteiger partial charge on any atom is -0.368 e. The first kappa shape index (κ1) is 11.5. The summed E-state index contributed by atoms with van der Waals surface area (Å²) in [6, 6.07) is 7.98. The molecule has 5 nitrogen and oxygen atoms in total. The Kier molecular flexibility index (Phi) is 2.92. The lowest BCUT2D eigenvalue weighted by Crippen LogP contribution is -1.96. The number of H-pyrrole nitrogens is 1. The zero-order valence-electron chi connectivity index (χ0n) is 9.09. The lowest BCUT2D eigenvalue weighted by atomic mass is 10.4. The maximum Gasteiger partial charge on any atom is 0.223 e. The van der Waals surface area contributed by atoms with E-state index >= 15 is 0 Å². The Hall–Kier alpha value is -1.60. The summed E-state index contributed by atoms with van der Waals surface area (Å²) < 4.78 is 1.02. The molecule has 0 aliphatic rings. The number of benzene rings is 1. The zero-order chi connectivity index (χ0) is 12.5. The van der Waals surface area contributed by atoms with Crippen LogP contribution < -0.4 is 5.73 Å². The summed E-state index contributed by atoms with van der Waals surface area (Å²) in [5, 5.41) is 0.771. The second-order valence-corrected chi connectivity index (χ2v) is 5.53. The van der Waals surface area contributed by atoms with Gasteiger partial charge in [-0.1, -0.05) is 33.8 Å². The van der Waals surface area contributed by atoms with E-state index in [9.17, 15) is 0 Å². The summed E-state index contributed by atoms with van der Waals surface area (Å²) in [6.07, 6.45) is 1.59. The molecule has 0 aliphatic heterocycles. The van der Waals surface area contributed by atoms with Gasteiger partial charge < -0.3 is 10.7 Å². The molecule has 0 spiro atoms. The smallest absolute Gasteiger partial charge is 0.223 e. The molecule has 0 saturated carbocycles. The van der Waals surface area contributed by atoms with E-state index in [-0.39, 0.29) is 5.95 Å². The fourth-order valence-electron chi connectivity index (χ4n) is 1.54. The monoisotopic (exact) mass is 321 g/mol. The number of rotatable bonds is 2. The van der Waals surface area contributed by atoms with Crippen LogP contribution in [0, 0.1) is 0 Å². The highest BCUT2D eigenvalue weighted by atomic mass is 79.9. The summed E-state index contributed by atoms with van der Waals surface area (Å²) >= 11 is 4.96. The molecule has 0 atom stereocenters. The third-order valence-electron chi connectivity index (χ3n) is 2.28. The number of hydrogen-bond donors (Lipinski definition) is 2. The molecule has 90 valence electrons. The van der Waals surface area contributed by atoms with Crippen LogP contribution in [-0.2, 0) is 0 Å². The number of hydrogen-bond acceptors (Lipinski definition) is 5. The summed E-state index contributed by atoms with van der Waals surface area (Å²) in [7, 11) is 0. The van der Waals surface area contributed by atoms with Gasteiger partial charge >= 0.3 is 0 Å². The minimum absolute atomic E-state index is 0.229. The lowest BCUT2D eigenvalue weighted by Gasteiger charge is -2.03. The highest BCUT2D eigenvalue weighted by Crippen LogP contribution is 2.31. The van der Waals surface area contributed by atoms with Crippen molar-refractivity contribution >= 4 is 44.8 Å². The second-order valence-electron chi connectivity index (χ2n) is 3.55. The van der Waals surface area contributed by atoms with Crippen LogP contribution in [0.4, 0.5) is 5.95 Å². The quantitative estimate of drug-likeness (QED) is 0.709. The topological polar surface area (TPSA) is 80.5 Å². The standard InChI is InChI=1S/C11H8BrN5S/c12-6-2-1-3-7(4-6)18-10-8-9(15-5-14-8)16-11(13)17-10/h1-5H,(H3,13,14,15,16,17). The van der Waals surface area contributed by atoms with Gasteiger partial charge in [0.05, 0.1) is 6.33 Å². The van der Waals surface area contributed by atoms with E-state index in [0.29, 0.717) is 5.65 Å². The minimum atomic E-state index is 0.229. The molecule has 0 aliphatic carbocycles. The average Bonchev–Trinajstić information content (AvgIpc) is 2.77. The molecule has 0 bridgehead atoms. The predicted octanol–water partition coefficient (Wildman–Crippen LogP) is 2.85. The maximum atomic E-state index is 5.67. The maximum absolute atomic E-state index is 5.67. The van der Waals surface area contributed by atoms with Gasteiger partial charge in [0.25, 0.3) is 0 Å². The van der Waals surface area contributed by atoms with Gasteiger partial charge in [-0.05, 0) is 18.2 Å². The number of aromatic amines is 1. The van der Waals surface area contributed by atoms with Crippen molar-refractivity contribution in [2.45, 2.75) is 9.92 Å². The number of halogens is 1. The van der Waals surface area contributed by atoms with E-state index < -0.39 is 0 Å². The number of nitrogens with two attached hydrogens (primary N) is 1. The van der Waals surface area contributed by atoms with E-state index in [0.717, 1.165) is 19.9 Å². The van der Waals surface area contributed by atoms with Gasteiger partial charge in [-0.15, -0.1) is 0 Å². The van der Waals surface area contributed by atoms with Gasteiger partial charge in [-0.3, -0.25) is 0 Å². The van der Waals surface area contributed by atoms with Crippen molar-refractivity contribution in [1.82, 2.24) is 19.9 Å². The molecular formula is C11H8BrN5S. The highest BCUT2D eigenvalue weighted by Gasteiger charge is 2.10. The molecule has 0 saturated heterocycles.